The van der Waals surface area contributed by atoms with Crippen LogP contribution in [-0.2, 0) is 16.0 Å². The van der Waals surface area contributed by atoms with Crippen molar-refractivity contribution in [3.8, 4) is 11.5 Å². The fourth-order valence-electron chi connectivity index (χ4n) is 5.67. The lowest BCUT2D eigenvalue weighted by Crippen LogP contribution is -2.18. The van der Waals surface area contributed by atoms with Crippen LogP contribution in [0.1, 0.15) is 119 Å². The van der Waals surface area contributed by atoms with Crippen LogP contribution in [-0.4, -0.2) is 37.5 Å². The summed E-state index contributed by atoms with van der Waals surface area (Å²) in [7, 11) is 0. The number of ether oxygens (including phenoxy) is 3. The summed E-state index contributed by atoms with van der Waals surface area (Å²) >= 11 is 0. The van der Waals surface area contributed by atoms with Gasteiger partial charge in [0.2, 0.25) is 0 Å². The molecule has 0 radical (unpaired) electrons. The topological polar surface area (TPSA) is 65.0 Å². The van der Waals surface area contributed by atoms with Gasteiger partial charge in [-0.1, -0.05) is 71.9 Å². The number of benzene rings is 2. The van der Waals surface area contributed by atoms with Crippen molar-refractivity contribution in [1.29, 1.82) is 0 Å². The Bertz CT molecular complexity index is 1110. The Balaban J connectivity index is 1.41. The standard InChI is InChI=1S/C34H48O5/c1-21(2)28-8-7-9-29(23(5)26-10-11-26)33(28)39-20-32(36)37-16-14-25-18-30(22(3)4)34(38-17-15-35)31(19-25)24(6)27-12-13-27/h7-9,18-19,21-24,26-27,35H,10-17,20H2,1-6H3. The highest BCUT2D eigenvalue weighted by Crippen LogP contribution is 2.48. The van der Waals surface area contributed by atoms with Gasteiger partial charge in [-0.05, 0) is 89.0 Å². The minimum absolute atomic E-state index is 0.00279. The molecule has 0 heterocycles. The van der Waals surface area contributed by atoms with E-state index in [2.05, 4.69) is 71.9 Å². The molecule has 4 rings (SSSR count). The second-order valence-electron chi connectivity index (χ2n) is 12.3. The quantitative estimate of drug-likeness (QED) is 0.239. The van der Waals surface area contributed by atoms with Gasteiger partial charge in [0.05, 0.1) is 13.2 Å². The minimum Gasteiger partial charge on any atom is -0.491 e. The van der Waals surface area contributed by atoms with Gasteiger partial charge < -0.3 is 19.3 Å². The predicted octanol–water partition coefficient (Wildman–Crippen LogP) is 7.50. The lowest BCUT2D eigenvalue weighted by Gasteiger charge is -2.23. The highest BCUT2D eigenvalue weighted by atomic mass is 16.6. The van der Waals surface area contributed by atoms with Gasteiger partial charge in [-0.3, -0.25) is 0 Å². The molecule has 2 unspecified atom stereocenters. The summed E-state index contributed by atoms with van der Waals surface area (Å²) in [4.78, 5) is 12.7. The Morgan fingerprint density at radius 1 is 0.795 bits per heavy atom. The second kappa shape index (κ2) is 13.2. The molecule has 5 heteroatoms. The van der Waals surface area contributed by atoms with Crippen molar-refractivity contribution in [2.75, 3.05) is 26.4 Å². The van der Waals surface area contributed by atoms with Crippen LogP contribution in [0.5, 0.6) is 11.5 Å². The lowest BCUT2D eigenvalue weighted by atomic mass is 9.88. The van der Waals surface area contributed by atoms with E-state index in [1.807, 2.05) is 0 Å². The summed E-state index contributed by atoms with van der Waals surface area (Å²) in [5.41, 5.74) is 5.87. The highest BCUT2D eigenvalue weighted by Gasteiger charge is 2.33. The first kappa shape index (κ1) is 29.5. The number of para-hydroxylation sites is 1. The molecule has 2 aromatic rings. The van der Waals surface area contributed by atoms with E-state index in [4.69, 9.17) is 14.2 Å². The Morgan fingerprint density at radius 2 is 1.36 bits per heavy atom. The van der Waals surface area contributed by atoms with Crippen molar-refractivity contribution in [1.82, 2.24) is 0 Å². The van der Waals surface area contributed by atoms with E-state index in [1.165, 1.54) is 36.8 Å². The number of carbonyl (C=O) groups excluding carboxylic acids is 1. The second-order valence-corrected chi connectivity index (χ2v) is 12.3. The maximum atomic E-state index is 12.7. The van der Waals surface area contributed by atoms with E-state index in [9.17, 15) is 9.90 Å². The zero-order valence-electron chi connectivity index (χ0n) is 24.8. The van der Waals surface area contributed by atoms with Crippen molar-refractivity contribution in [2.45, 2.75) is 97.3 Å². The average molecular weight is 537 g/mol. The normalized spacial score (nSPS) is 16.8. The Labute approximate surface area is 235 Å². The molecule has 0 bridgehead atoms. The molecule has 2 aliphatic rings. The molecule has 2 aromatic carbocycles. The van der Waals surface area contributed by atoms with Gasteiger partial charge in [0.25, 0.3) is 0 Å². The number of aliphatic hydroxyl groups is 1. The zero-order valence-corrected chi connectivity index (χ0v) is 24.8. The van der Waals surface area contributed by atoms with Crippen LogP contribution in [0, 0.1) is 11.8 Å². The molecular weight excluding hydrogens is 488 g/mol. The van der Waals surface area contributed by atoms with Crippen LogP contribution in [0.15, 0.2) is 30.3 Å². The van der Waals surface area contributed by atoms with Gasteiger partial charge in [-0.25, -0.2) is 4.79 Å². The molecule has 0 aliphatic heterocycles. The van der Waals surface area contributed by atoms with Crippen molar-refractivity contribution in [3.05, 3.63) is 58.1 Å². The molecule has 2 aliphatic carbocycles. The molecule has 5 nitrogen and oxygen atoms in total. The van der Waals surface area contributed by atoms with Gasteiger partial charge in [-0.2, -0.15) is 0 Å². The summed E-state index contributed by atoms with van der Waals surface area (Å²) in [6.45, 7) is 13.7. The van der Waals surface area contributed by atoms with Gasteiger partial charge in [0.1, 0.15) is 18.1 Å². The molecular formula is C34H48O5. The Kier molecular flexibility index (Phi) is 9.98. The van der Waals surface area contributed by atoms with E-state index in [0.29, 0.717) is 49.2 Å². The SMILES string of the molecule is CC(C)c1cc(CCOC(=O)COc2c(C(C)C)cccc2C(C)C2CC2)cc(C(C)C2CC2)c1OCCO. The summed E-state index contributed by atoms with van der Waals surface area (Å²) in [5, 5.41) is 9.37. The lowest BCUT2D eigenvalue weighted by molar-refractivity contribution is -0.145. The van der Waals surface area contributed by atoms with Gasteiger partial charge in [0, 0.05) is 6.42 Å². The number of rotatable bonds is 15. The fourth-order valence-corrected chi connectivity index (χ4v) is 5.67. The molecule has 2 atom stereocenters. The molecule has 2 fully saturated rings. The van der Waals surface area contributed by atoms with Crippen LogP contribution in [0.25, 0.3) is 0 Å². The third-order valence-electron chi connectivity index (χ3n) is 8.49. The third kappa shape index (κ3) is 7.57. The first-order valence-electron chi connectivity index (χ1n) is 15.0. The first-order chi connectivity index (χ1) is 18.7. The number of carbonyl (C=O) groups is 1. The van der Waals surface area contributed by atoms with Crippen molar-refractivity contribution < 1.29 is 24.1 Å². The maximum absolute atomic E-state index is 12.7. The summed E-state index contributed by atoms with van der Waals surface area (Å²) in [6, 6.07) is 10.8. The fraction of sp³-hybridized carbons (Fsp3) is 0.618. The number of hydrogen-bond acceptors (Lipinski definition) is 5. The smallest absolute Gasteiger partial charge is 0.344 e. The molecule has 0 saturated heterocycles. The van der Waals surface area contributed by atoms with Crippen molar-refractivity contribution >= 4 is 5.97 Å². The van der Waals surface area contributed by atoms with Gasteiger partial charge in [0.15, 0.2) is 6.61 Å². The summed E-state index contributed by atoms with van der Waals surface area (Å²) in [6.07, 6.45) is 5.68. The molecule has 0 spiro atoms. The molecule has 214 valence electrons. The molecule has 0 aromatic heterocycles. The molecule has 1 N–H and O–H groups in total. The largest absolute Gasteiger partial charge is 0.491 e. The summed E-state index contributed by atoms with van der Waals surface area (Å²) in [5.74, 6) is 4.29. The van der Waals surface area contributed by atoms with E-state index in [-0.39, 0.29) is 25.1 Å². The number of aliphatic hydroxyl groups excluding tert-OH is 1. The maximum Gasteiger partial charge on any atom is 0.344 e. The summed E-state index contributed by atoms with van der Waals surface area (Å²) < 4.78 is 17.9. The average Bonchev–Trinajstić information content (AvgIpc) is 3.82. The van der Waals surface area contributed by atoms with E-state index >= 15 is 0 Å². The van der Waals surface area contributed by atoms with E-state index in [1.54, 1.807) is 0 Å². The predicted molar refractivity (Wildman–Crippen MR) is 156 cm³/mol. The Hall–Kier alpha value is -2.53. The zero-order chi connectivity index (χ0) is 28.1. The third-order valence-corrected chi connectivity index (χ3v) is 8.49. The molecule has 2 saturated carbocycles. The Morgan fingerprint density at radius 3 is 1.95 bits per heavy atom. The van der Waals surface area contributed by atoms with Gasteiger partial charge in [-0.15, -0.1) is 0 Å². The highest BCUT2D eigenvalue weighted by molar-refractivity contribution is 5.71. The molecule has 39 heavy (non-hydrogen) atoms. The van der Waals surface area contributed by atoms with Crippen LogP contribution in [0.2, 0.25) is 0 Å². The minimum atomic E-state index is -0.336. The van der Waals surface area contributed by atoms with Crippen molar-refractivity contribution in [2.24, 2.45) is 11.8 Å². The van der Waals surface area contributed by atoms with Crippen LogP contribution in [0.3, 0.4) is 0 Å². The van der Waals surface area contributed by atoms with E-state index in [0.717, 1.165) is 28.2 Å². The van der Waals surface area contributed by atoms with E-state index < -0.39 is 0 Å². The first-order valence-corrected chi connectivity index (χ1v) is 15.0. The monoisotopic (exact) mass is 536 g/mol. The van der Waals surface area contributed by atoms with Crippen LogP contribution >= 0.6 is 0 Å². The molecule has 0 amide bonds. The van der Waals surface area contributed by atoms with Crippen LogP contribution < -0.4 is 9.47 Å². The van der Waals surface area contributed by atoms with Gasteiger partial charge >= 0.3 is 5.97 Å². The number of esters is 1. The number of hydrogen-bond donors (Lipinski definition) is 1. The van der Waals surface area contributed by atoms with Crippen LogP contribution in [0.4, 0.5) is 0 Å². The van der Waals surface area contributed by atoms with Crippen molar-refractivity contribution in [3.63, 3.8) is 0 Å².